The maximum absolute atomic E-state index is 12.6. The molecule has 0 N–H and O–H groups in total. The lowest BCUT2D eigenvalue weighted by Gasteiger charge is -2.00. The lowest BCUT2D eigenvalue weighted by molar-refractivity contribution is 0.626. The largest absolute Gasteiger partial charge is 0.207 e. The van der Waals surface area contributed by atoms with E-state index in [1.165, 1.54) is 12.1 Å². The van der Waals surface area contributed by atoms with Gasteiger partial charge in [0.25, 0.3) is 0 Å². The van der Waals surface area contributed by atoms with Gasteiger partial charge in [0.2, 0.25) is 0 Å². The third kappa shape index (κ3) is 2.35. The lowest BCUT2D eigenvalue weighted by Crippen LogP contribution is -1.86. The van der Waals surface area contributed by atoms with Crippen LogP contribution < -0.4 is 0 Å². The summed E-state index contributed by atoms with van der Waals surface area (Å²) < 4.78 is 13.4. The first-order valence-corrected chi connectivity index (χ1v) is 4.40. The van der Waals surface area contributed by atoms with Crippen molar-refractivity contribution >= 4 is 15.9 Å². The standard InChI is InChI=1S/C10H8BrF/c1-2-3-4-8-5-6-9(12)7-10(8)11/h1,5-7H,3-4H2. The first-order valence-electron chi connectivity index (χ1n) is 3.61. The van der Waals surface area contributed by atoms with Crippen molar-refractivity contribution < 1.29 is 4.39 Å². The van der Waals surface area contributed by atoms with Crippen molar-refractivity contribution in [2.75, 3.05) is 0 Å². The van der Waals surface area contributed by atoms with Gasteiger partial charge in [-0.1, -0.05) is 22.0 Å². The fraction of sp³-hybridized carbons (Fsp3) is 0.200. The fourth-order valence-electron chi connectivity index (χ4n) is 0.931. The molecule has 0 aliphatic heterocycles. The molecule has 0 heterocycles. The maximum atomic E-state index is 12.6. The third-order valence-corrected chi connectivity index (χ3v) is 2.29. The van der Waals surface area contributed by atoms with Crippen LogP contribution in [0.2, 0.25) is 0 Å². The Labute approximate surface area is 79.9 Å². The topological polar surface area (TPSA) is 0 Å². The van der Waals surface area contributed by atoms with E-state index in [9.17, 15) is 4.39 Å². The normalized spacial score (nSPS) is 9.42. The Balaban J connectivity index is 2.81. The van der Waals surface area contributed by atoms with E-state index in [2.05, 4.69) is 21.9 Å². The molecule has 0 aliphatic rings. The Morgan fingerprint density at radius 3 is 2.83 bits per heavy atom. The summed E-state index contributed by atoms with van der Waals surface area (Å²) in [7, 11) is 0. The second-order valence-corrected chi connectivity index (χ2v) is 3.29. The predicted octanol–water partition coefficient (Wildman–Crippen LogP) is 3.15. The predicted molar refractivity (Wildman–Crippen MR) is 51.3 cm³/mol. The molecule has 0 saturated carbocycles. The first-order chi connectivity index (χ1) is 5.74. The summed E-state index contributed by atoms with van der Waals surface area (Å²) >= 11 is 3.27. The van der Waals surface area contributed by atoms with Crippen molar-refractivity contribution in [3.8, 4) is 12.3 Å². The Morgan fingerprint density at radius 2 is 2.25 bits per heavy atom. The SMILES string of the molecule is C#CCCc1ccc(F)cc1Br. The average Bonchev–Trinajstić information content (AvgIpc) is 2.03. The summed E-state index contributed by atoms with van der Waals surface area (Å²) in [6, 6.07) is 4.64. The van der Waals surface area contributed by atoms with Crippen molar-refractivity contribution in [2.45, 2.75) is 12.8 Å². The van der Waals surface area contributed by atoms with Gasteiger partial charge >= 0.3 is 0 Å². The van der Waals surface area contributed by atoms with Gasteiger partial charge in [-0.25, -0.2) is 4.39 Å². The minimum atomic E-state index is -0.230. The number of terminal acetylenes is 1. The van der Waals surface area contributed by atoms with Gasteiger partial charge in [-0.2, -0.15) is 0 Å². The number of rotatable bonds is 2. The van der Waals surface area contributed by atoms with Crippen molar-refractivity contribution in [3.63, 3.8) is 0 Å². The second kappa shape index (κ2) is 4.27. The van der Waals surface area contributed by atoms with E-state index in [1.54, 1.807) is 6.07 Å². The van der Waals surface area contributed by atoms with E-state index in [-0.39, 0.29) is 5.82 Å². The Morgan fingerprint density at radius 1 is 1.50 bits per heavy atom. The smallest absolute Gasteiger partial charge is 0.124 e. The number of hydrogen-bond donors (Lipinski definition) is 0. The molecule has 0 amide bonds. The lowest BCUT2D eigenvalue weighted by atomic mass is 10.1. The molecule has 0 saturated heterocycles. The van der Waals surface area contributed by atoms with Gasteiger partial charge in [0.05, 0.1) is 0 Å². The summed E-state index contributed by atoms with van der Waals surface area (Å²) in [5, 5.41) is 0. The van der Waals surface area contributed by atoms with Crippen LogP contribution in [0.3, 0.4) is 0 Å². The molecule has 0 nitrogen and oxygen atoms in total. The number of aryl methyl sites for hydroxylation is 1. The molecule has 0 atom stereocenters. The Kier molecular flexibility index (Phi) is 3.31. The van der Waals surface area contributed by atoms with Gasteiger partial charge in [0.1, 0.15) is 5.82 Å². The van der Waals surface area contributed by atoms with Crippen LogP contribution >= 0.6 is 15.9 Å². The summed E-state index contributed by atoms with van der Waals surface area (Å²) in [6.07, 6.45) is 6.59. The molecule has 12 heavy (non-hydrogen) atoms. The summed E-state index contributed by atoms with van der Waals surface area (Å²) in [5.74, 6) is 2.31. The zero-order valence-corrected chi connectivity index (χ0v) is 8.07. The van der Waals surface area contributed by atoms with E-state index in [4.69, 9.17) is 6.42 Å². The van der Waals surface area contributed by atoms with Crippen molar-refractivity contribution in [2.24, 2.45) is 0 Å². The highest BCUT2D eigenvalue weighted by Gasteiger charge is 1.99. The van der Waals surface area contributed by atoms with Gasteiger partial charge in [-0.3, -0.25) is 0 Å². The van der Waals surface area contributed by atoms with Gasteiger partial charge in [0, 0.05) is 10.9 Å². The third-order valence-electron chi connectivity index (χ3n) is 1.55. The molecule has 1 rings (SSSR count). The molecule has 1 aromatic rings. The van der Waals surface area contributed by atoms with Crippen LogP contribution in [0, 0.1) is 18.2 Å². The van der Waals surface area contributed by atoms with Gasteiger partial charge in [0.15, 0.2) is 0 Å². The quantitative estimate of drug-likeness (QED) is 0.681. The second-order valence-electron chi connectivity index (χ2n) is 2.44. The molecular weight excluding hydrogens is 219 g/mol. The molecule has 0 spiro atoms. The van der Waals surface area contributed by atoms with Crippen LogP contribution in [-0.4, -0.2) is 0 Å². The average molecular weight is 227 g/mol. The zero-order valence-electron chi connectivity index (χ0n) is 6.48. The van der Waals surface area contributed by atoms with E-state index >= 15 is 0 Å². The van der Waals surface area contributed by atoms with Crippen molar-refractivity contribution in [1.82, 2.24) is 0 Å². The number of hydrogen-bond acceptors (Lipinski definition) is 0. The molecule has 0 aromatic heterocycles. The van der Waals surface area contributed by atoms with E-state index in [0.717, 1.165) is 16.5 Å². The van der Waals surface area contributed by atoms with Crippen LogP contribution in [0.4, 0.5) is 4.39 Å². The van der Waals surface area contributed by atoms with E-state index < -0.39 is 0 Å². The summed E-state index contributed by atoms with van der Waals surface area (Å²) in [6.45, 7) is 0. The Bertz CT molecular complexity index is 312. The molecule has 62 valence electrons. The van der Waals surface area contributed by atoms with Crippen molar-refractivity contribution in [3.05, 3.63) is 34.1 Å². The van der Waals surface area contributed by atoms with Gasteiger partial charge in [-0.15, -0.1) is 12.3 Å². The summed E-state index contributed by atoms with van der Waals surface area (Å²) in [4.78, 5) is 0. The first kappa shape index (κ1) is 9.28. The monoisotopic (exact) mass is 226 g/mol. The van der Waals surface area contributed by atoms with Crippen LogP contribution in [0.25, 0.3) is 0 Å². The molecular formula is C10H8BrF. The maximum Gasteiger partial charge on any atom is 0.124 e. The van der Waals surface area contributed by atoms with Gasteiger partial charge < -0.3 is 0 Å². The molecule has 0 unspecified atom stereocenters. The van der Waals surface area contributed by atoms with Gasteiger partial charge in [-0.05, 0) is 24.1 Å². The minimum Gasteiger partial charge on any atom is -0.207 e. The van der Waals surface area contributed by atoms with Crippen LogP contribution in [0.5, 0.6) is 0 Å². The fourth-order valence-corrected chi connectivity index (χ4v) is 1.48. The molecule has 0 fully saturated rings. The van der Waals surface area contributed by atoms with E-state index in [0.29, 0.717) is 6.42 Å². The highest BCUT2D eigenvalue weighted by atomic mass is 79.9. The van der Waals surface area contributed by atoms with Crippen molar-refractivity contribution in [1.29, 1.82) is 0 Å². The number of halogens is 2. The van der Waals surface area contributed by atoms with Crippen LogP contribution in [-0.2, 0) is 6.42 Å². The minimum absolute atomic E-state index is 0.230. The molecule has 0 radical (unpaired) electrons. The molecule has 0 aliphatic carbocycles. The van der Waals surface area contributed by atoms with Crippen LogP contribution in [0.1, 0.15) is 12.0 Å². The molecule has 0 bridgehead atoms. The van der Waals surface area contributed by atoms with Crippen LogP contribution in [0.15, 0.2) is 22.7 Å². The Hall–Kier alpha value is -0.810. The highest BCUT2D eigenvalue weighted by molar-refractivity contribution is 9.10. The molecule has 2 heteroatoms. The molecule has 1 aromatic carbocycles. The number of benzene rings is 1. The summed E-state index contributed by atoms with van der Waals surface area (Å²) in [5.41, 5.74) is 1.05. The highest BCUT2D eigenvalue weighted by Crippen LogP contribution is 2.18. The van der Waals surface area contributed by atoms with E-state index in [1.807, 2.05) is 0 Å². The zero-order chi connectivity index (χ0) is 8.97.